The molecule has 0 N–H and O–H groups in total. The van der Waals surface area contributed by atoms with Gasteiger partial charge in [-0.15, -0.1) is 0 Å². The van der Waals surface area contributed by atoms with Crippen molar-refractivity contribution >= 4 is 28.7 Å². The highest BCUT2D eigenvalue weighted by Crippen LogP contribution is 2.29. The number of anilines is 1. The van der Waals surface area contributed by atoms with Crippen LogP contribution in [0.25, 0.3) is 11.0 Å². The van der Waals surface area contributed by atoms with Crippen molar-refractivity contribution in [3.63, 3.8) is 0 Å². The standard InChI is InChI=1S/C19H23N3O5/c1-5-8-21-12(2)20-15-9-13(6-7-16(15)21)22-11-27-10-14(18(23)25-3)17(22)19(24)26-4/h6-7,9H,5,8,10-11H2,1-4H3. The van der Waals surface area contributed by atoms with Crippen molar-refractivity contribution in [2.45, 2.75) is 26.8 Å². The van der Waals surface area contributed by atoms with E-state index in [1.807, 2.05) is 25.1 Å². The Morgan fingerprint density at radius 3 is 2.63 bits per heavy atom. The molecule has 1 aromatic carbocycles. The quantitative estimate of drug-likeness (QED) is 0.743. The highest BCUT2D eigenvalue weighted by Gasteiger charge is 2.32. The van der Waals surface area contributed by atoms with Gasteiger partial charge >= 0.3 is 11.9 Å². The molecular formula is C19H23N3O5. The molecule has 0 spiro atoms. The largest absolute Gasteiger partial charge is 0.466 e. The summed E-state index contributed by atoms with van der Waals surface area (Å²) in [7, 11) is 2.54. The van der Waals surface area contributed by atoms with E-state index in [0.29, 0.717) is 5.69 Å². The van der Waals surface area contributed by atoms with Gasteiger partial charge in [0.05, 0.1) is 37.4 Å². The summed E-state index contributed by atoms with van der Waals surface area (Å²) in [5.74, 6) is -0.311. The fraction of sp³-hybridized carbons (Fsp3) is 0.421. The molecule has 144 valence electrons. The molecule has 8 nitrogen and oxygen atoms in total. The first-order valence-corrected chi connectivity index (χ1v) is 8.73. The fourth-order valence-corrected chi connectivity index (χ4v) is 3.26. The second-order valence-electron chi connectivity index (χ2n) is 6.20. The first-order valence-electron chi connectivity index (χ1n) is 8.73. The zero-order chi connectivity index (χ0) is 19.6. The Morgan fingerprint density at radius 1 is 1.22 bits per heavy atom. The van der Waals surface area contributed by atoms with E-state index >= 15 is 0 Å². The number of hydrogen-bond acceptors (Lipinski definition) is 7. The molecule has 1 aliphatic rings. The van der Waals surface area contributed by atoms with Crippen LogP contribution in [-0.2, 0) is 30.3 Å². The van der Waals surface area contributed by atoms with Crippen molar-refractivity contribution in [3.8, 4) is 0 Å². The van der Waals surface area contributed by atoms with E-state index in [-0.39, 0.29) is 24.6 Å². The summed E-state index contributed by atoms with van der Waals surface area (Å²) >= 11 is 0. The second-order valence-corrected chi connectivity index (χ2v) is 6.20. The maximum Gasteiger partial charge on any atom is 0.355 e. The van der Waals surface area contributed by atoms with Gasteiger partial charge in [-0.2, -0.15) is 0 Å². The molecule has 0 aliphatic carbocycles. The summed E-state index contributed by atoms with van der Waals surface area (Å²) in [6, 6.07) is 5.71. The number of rotatable bonds is 5. The molecule has 3 rings (SSSR count). The third kappa shape index (κ3) is 3.40. The Kier molecular flexibility index (Phi) is 5.46. The van der Waals surface area contributed by atoms with Gasteiger partial charge in [0, 0.05) is 12.2 Å². The van der Waals surface area contributed by atoms with E-state index in [2.05, 4.69) is 16.5 Å². The molecule has 0 bridgehead atoms. The van der Waals surface area contributed by atoms with Gasteiger partial charge in [0.1, 0.15) is 18.3 Å². The Balaban J connectivity index is 2.10. The van der Waals surface area contributed by atoms with Crippen molar-refractivity contribution in [1.29, 1.82) is 0 Å². The molecule has 0 atom stereocenters. The summed E-state index contributed by atoms with van der Waals surface area (Å²) < 4.78 is 17.3. The van der Waals surface area contributed by atoms with E-state index < -0.39 is 11.9 Å². The number of aromatic nitrogens is 2. The summed E-state index contributed by atoms with van der Waals surface area (Å²) in [6.07, 6.45) is 1.01. The smallest absolute Gasteiger partial charge is 0.355 e. The van der Waals surface area contributed by atoms with Gasteiger partial charge in [0.25, 0.3) is 0 Å². The lowest BCUT2D eigenvalue weighted by atomic mass is 10.1. The number of aryl methyl sites for hydroxylation is 2. The van der Waals surface area contributed by atoms with Crippen molar-refractivity contribution in [3.05, 3.63) is 35.3 Å². The average Bonchev–Trinajstić information content (AvgIpc) is 3.01. The molecule has 1 aromatic heterocycles. The zero-order valence-electron chi connectivity index (χ0n) is 15.9. The van der Waals surface area contributed by atoms with Crippen LogP contribution in [0.15, 0.2) is 29.5 Å². The van der Waals surface area contributed by atoms with Crippen LogP contribution in [0.2, 0.25) is 0 Å². The predicted molar refractivity (Wildman–Crippen MR) is 99.1 cm³/mol. The van der Waals surface area contributed by atoms with Crippen LogP contribution in [0.3, 0.4) is 0 Å². The van der Waals surface area contributed by atoms with Crippen LogP contribution in [0, 0.1) is 6.92 Å². The van der Waals surface area contributed by atoms with E-state index in [4.69, 9.17) is 14.2 Å². The summed E-state index contributed by atoms with van der Waals surface area (Å²) in [5.41, 5.74) is 2.77. The SMILES string of the molecule is CCCn1c(C)nc2cc(N3COCC(C(=O)OC)=C3C(=O)OC)ccc21. The van der Waals surface area contributed by atoms with E-state index in [1.54, 1.807) is 4.90 Å². The number of hydrogen-bond donors (Lipinski definition) is 0. The number of ether oxygens (including phenoxy) is 3. The lowest BCUT2D eigenvalue weighted by Crippen LogP contribution is -2.38. The minimum absolute atomic E-state index is 0.0138. The number of benzene rings is 1. The highest BCUT2D eigenvalue weighted by atomic mass is 16.5. The Labute approximate surface area is 157 Å². The normalized spacial score (nSPS) is 14.6. The van der Waals surface area contributed by atoms with Crippen LogP contribution < -0.4 is 4.90 Å². The number of fused-ring (bicyclic) bond motifs is 1. The molecule has 1 aliphatic heterocycles. The molecule has 0 radical (unpaired) electrons. The van der Waals surface area contributed by atoms with Crippen molar-refractivity contribution in [2.75, 3.05) is 32.5 Å². The van der Waals surface area contributed by atoms with E-state index in [0.717, 1.165) is 29.8 Å². The first-order chi connectivity index (χ1) is 13.0. The highest BCUT2D eigenvalue weighted by molar-refractivity contribution is 6.03. The van der Waals surface area contributed by atoms with Gasteiger partial charge in [-0.25, -0.2) is 14.6 Å². The molecule has 2 aromatic rings. The van der Waals surface area contributed by atoms with E-state index in [9.17, 15) is 9.59 Å². The molecule has 0 saturated heterocycles. The lowest BCUT2D eigenvalue weighted by Gasteiger charge is -2.31. The van der Waals surface area contributed by atoms with Gasteiger partial charge in [-0.3, -0.25) is 0 Å². The number of nitrogens with zero attached hydrogens (tertiary/aromatic N) is 3. The predicted octanol–water partition coefficient (Wildman–Crippen LogP) is 2.15. The maximum atomic E-state index is 12.4. The maximum absolute atomic E-state index is 12.4. The fourth-order valence-electron chi connectivity index (χ4n) is 3.26. The van der Waals surface area contributed by atoms with Gasteiger partial charge in [0.2, 0.25) is 0 Å². The van der Waals surface area contributed by atoms with Crippen LogP contribution in [0.5, 0.6) is 0 Å². The van der Waals surface area contributed by atoms with Gasteiger partial charge in [-0.1, -0.05) is 6.92 Å². The molecule has 0 amide bonds. The van der Waals surface area contributed by atoms with Crippen molar-refractivity contribution < 1.29 is 23.8 Å². The first kappa shape index (κ1) is 18.9. The van der Waals surface area contributed by atoms with Crippen molar-refractivity contribution in [1.82, 2.24) is 9.55 Å². The number of imidazole rings is 1. The Hall–Kier alpha value is -2.87. The summed E-state index contributed by atoms with van der Waals surface area (Å²) in [4.78, 5) is 30.7. The minimum atomic E-state index is -0.621. The third-order valence-corrected chi connectivity index (χ3v) is 4.51. The molecule has 27 heavy (non-hydrogen) atoms. The van der Waals surface area contributed by atoms with Crippen LogP contribution in [0.4, 0.5) is 5.69 Å². The molecule has 0 saturated carbocycles. The Morgan fingerprint density at radius 2 is 1.96 bits per heavy atom. The Bertz CT molecular complexity index is 915. The number of esters is 2. The zero-order valence-corrected chi connectivity index (χ0v) is 15.9. The van der Waals surface area contributed by atoms with Gasteiger partial charge in [-0.05, 0) is 31.5 Å². The topological polar surface area (TPSA) is 82.9 Å². The lowest BCUT2D eigenvalue weighted by molar-refractivity contribution is -0.140. The summed E-state index contributed by atoms with van der Waals surface area (Å²) in [5, 5.41) is 0. The molecule has 2 heterocycles. The number of carbonyl (C=O) groups excluding carboxylic acids is 2. The number of carbonyl (C=O) groups is 2. The van der Waals surface area contributed by atoms with Gasteiger partial charge in [0.15, 0.2) is 0 Å². The van der Waals surface area contributed by atoms with Gasteiger partial charge < -0.3 is 23.7 Å². The molecule has 0 unspecified atom stereocenters. The monoisotopic (exact) mass is 373 g/mol. The third-order valence-electron chi connectivity index (χ3n) is 4.51. The molecule has 8 heteroatoms. The molecular weight excluding hydrogens is 350 g/mol. The minimum Gasteiger partial charge on any atom is -0.466 e. The average molecular weight is 373 g/mol. The molecule has 0 fully saturated rings. The van der Waals surface area contributed by atoms with Crippen LogP contribution >= 0.6 is 0 Å². The van der Waals surface area contributed by atoms with E-state index in [1.165, 1.54) is 14.2 Å². The van der Waals surface area contributed by atoms with Crippen LogP contribution in [-0.4, -0.2) is 49.0 Å². The second kappa shape index (κ2) is 7.79. The van der Waals surface area contributed by atoms with Crippen molar-refractivity contribution in [2.24, 2.45) is 0 Å². The van der Waals surface area contributed by atoms with Crippen LogP contribution in [0.1, 0.15) is 19.2 Å². The number of methoxy groups -OCH3 is 2. The summed E-state index contributed by atoms with van der Waals surface area (Å²) in [6.45, 7) is 5.07.